The number of nitrogens with one attached hydrogen (secondary N) is 1. The number of hydrogen-bond donors (Lipinski definition) is 1. The number of ether oxygens (including phenoxy) is 2. The highest BCUT2D eigenvalue weighted by Gasteiger charge is 2.06. The highest BCUT2D eigenvalue weighted by Crippen LogP contribution is 2.29. The Morgan fingerprint density at radius 3 is 2.45 bits per heavy atom. The number of methoxy groups -OCH3 is 2. The van der Waals surface area contributed by atoms with Crippen LogP contribution in [0.15, 0.2) is 36.4 Å². The molecule has 0 aliphatic heterocycles. The fourth-order valence-corrected chi connectivity index (χ4v) is 2.33. The van der Waals surface area contributed by atoms with Gasteiger partial charge in [0.1, 0.15) is 0 Å². The molecule has 0 radical (unpaired) electrons. The van der Waals surface area contributed by atoms with Crippen LogP contribution in [-0.4, -0.2) is 14.2 Å². The van der Waals surface area contributed by atoms with Gasteiger partial charge < -0.3 is 14.8 Å². The van der Waals surface area contributed by atoms with E-state index < -0.39 is 0 Å². The van der Waals surface area contributed by atoms with E-state index in [2.05, 4.69) is 5.32 Å². The van der Waals surface area contributed by atoms with E-state index in [1.807, 2.05) is 43.3 Å². The highest BCUT2D eigenvalue weighted by molar-refractivity contribution is 6.33. The average Bonchev–Trinajstić information content (AvgIpc) is 2.46. The van der Waals surface area contributed by atoms with E-state index in [0.717, 1.165) is 33.3 Å². The van der Waals surface area contributed by atoms with Gasteiger partial charge in [0.25, 0.3) is 0 Å². The number of hydrogen-bond acceptors (Lipinski definition) is 3. The number of aryl methyl sites for hydroxylation is 1. The summed E-state index contributed by atoms with van der Waals surface area (Å²) in [6.07, 6.45) is 0. The molecule has 0 saturated carbocycles. The van der Waals surface area contributed by atoms with Gasteiger partial charge in [0.2, 0.25) is 0 Å². The minimum atomic E-state index is 0.672. The van der Waals surface area contributed by atoms with Crippen molar-refractivity contribution in [2.45, 2.75) is 13.5 Å². The molecule has 0 aliphatic carbocycles. The third-order valence-corrected chi connectivity index (χ3v) is 3.45. The second kappa shape index (κ2) is 6.53. The molecule has 0 bridgehead atoms. The molecule has 2 aromatic rings. The molecule has 0 amide bonds. The molecule has 0 unspecified atom stereocenters. The van der Waals surface area contributed by atoms with Crippen LogP contribution < -0.4 is 14.8 Å². The topological polar surface area (TPSA) is 30.5 Å². The third kappa shape index (κ3) is 3.17. The first-order chi connectivity index (χ1) is 9.65. The van der Waals surface area contributed by atoms with Gasteiger partial charge in [-0.1, -0.05) is 29.8 Å². The lowest BCUT2D eigenvalue weighted by atomic mass is 10.1. The van der Waals surface area contributed by atoms with E-state index >= 15 is 0 Å². The van der Waals surface area contributed by atoms with Crippen molar-refractivity contribution in [3.05, 3.63) is 52.5 Å². The zero-order valence-corrected chi connectivity index (χ0v) is 12.6. The van der Waals surface area contributed by atoms with Crippen molar-refractivity contribution in [1.82, 2.24) is 0 Å². The lowest BCUT2D eigenvalue weighted by Crippen LogP contribution is -2.02. The lowest BCUT2D eigenvalue weighted by molar-refractivity contribution is 0.354. The summed E-state index contributed by atoms with van der Waals surface area (Å²) in [6.45, 7) is 2.70. The van der Waals surface area contributed by atoms with E-state index in [1.54, 1.807) is 14.2 Å². The Balaban J connectivity index is 2.15. The van der Waals surface area contributed by atoms with Crippen LogP contribution >= 0.6 is 11.6 Å². The Labute approximate surface area is 124 Å². The molecule has 0 heterocycles. The van der Waals surface area contributed by atoms with Gasteiger partial charge in [0.15, 0.2) is 11.5 Å². The fourth-order valence-electron chi connectivity index (χ4n) is 2.04. The third-order valence-electron chi connectivity index (χ3n) is 3.14. The summed E-state index contributed by atoms with van der Waals surface area (Å²) in [6, 6.07) is 11.7. The molecule has 20 heavy (non-hydrogen) atoms. The molecular formula is C16H18ClNO2. The predicted molar refractivity (Wildman–Crippen MR) is 83.1 cm³/mol. The van der Waals surface area contributed by atoms with Crippen LogP contribution in [0.2, 0.25) is 5.02 Å². The summed E-state index contributed by atoms with van der Waals surface area (Å²) in [4.78, 5) is 0. The van der Waals surface area contributed by atoms with Gasteiger partial charge in [-0.05, 0) is 36.2 Å². The van der Waals surface area contributed by atoms with Crippen molar-refractivity contribution in [3.8, 4) is 11.5 Å². The van der Waals surface area contributed by atoms with Gasteiger partial charge in [0, 0.05) is 6.54 Å². The zero-order chi connectivity index (χ0) is 14.5. The Morgan fingerprint density at radius 2 is 1.80 bits per heavy atom. The van der Waals surface area contributed by atoms with Gasteiger partial charge >= 0.3 is 0 Å². The van der Waals surface area contributed by atoms with Crippen molar-refractivity contribution < 1.29 is 9.47 Å². The first kappa shape index (κ1) is 14.5. The second-order valence-corrected chi connectivity index (χ2v) is 4.88. The molecule has 2 aromatic carbocycles. The van der Waals surface area contributed by atoms with E-state index in [1.165, 1.54) is 0 Å². The number of halogens is 1. The summed E-state index contributed by atoms with van der Waals surface area (Å²) in [5, 5.41) is 4.09. The summed E-state index contributed by atoms with van der Waals surface area (Å²) in [5.41, 5.74) is 3.18. The van der Waals surface area contributed by atoms with Crippen LogP contribution in [0.4, 0.5) is 5.69 Å². The minimum absolute atomic E-state index is 0.672. The molecule has 0 atom stereocenters. The maximum atomic E-state index is 6.19. The zero-order valence-electron chi connectivity index (χ0n) is 11.9. The van der Waals surface area contributed by atoms with Crippen LogP contribution in [0.1, 0.15) is 11.1 Å². The van der Waals surface area contributed by atoms with E-state index in [4.69, 9.17) is 21.1 Å². The quantitative estimate of drug-likeness (QED) is 0.892. The molecule has 1 N–H and O–H groups in total. The molecule has 3 nitrogen and oxygen atoms in total. The standard InChI is InChI=1S/C16H18ClNO2/c1-11-5-4-6-13(17)16(11)18-10-12-7-8-14(19-2)15(9-12)20-3/h4-9,18H,10H2,1-3H3. The average molecular weight is 292 g/mol. The van der Waals surface area contributed by atoms with Crippen molar-refractivity contribution in [2.24, 2.45) is 0 Å². The number of para-hydroxylation sites is 1. The highest BCUT2D eigenvalue weighted by atomic mass is 35.5. The second-order valence-electron chi connectivity index (χ2n) is 4.47. The number of anilines is 1. The molecule has 4 heteroatoms. The first-order valence-corrected chi connectivity index (χ1v) is 6.73. The van der Waals surface area contributed by atoms with Gasteiger partial charge in [-0.15, -0.1) is 0 Å². The first-order valence-electron chi connectivity index (χ1n) is 6.35. The number of benzene rings is 2. The Morgan fingerprint density at radius 1 is 1.05 bits per heavy atom. The van der Waals surface area contributed by atoms with Gasteiger partial charge in [-0.25, -0.2) is 0 Å². The number of rotatable bonds is 5. The Hall–Kier alpha value is -1.87. The van der Waals surface area contributed by atoms with Crippen molar-refractivity contribution in [2.75, 3.05) is 19.5 Å². The molecular weight excluding hydrogens is 274 g/mol. The fraction of sp³-hybridized carbons (Fsp3) is 0.250. The Bertz CT molecular complexity index is 579. The van der Waals surface area contributed by atoms with Gasteiger partial charge in [0.05, 0.1) is 24.9 Å². The molecule has 0 spiro atoms. The smallest absolute Gasteiger partial charge is 0.161 e. The van der Waals surface area contributed by atoms with Crippen LogP contribution in [-0.2, 0) is 6.54 Å². The molecule has 2 rings (SSSR count). The lowest BCUT2D eigenvalue weighted by Gasteiger charge is -2.13. The van der Waals surface area contributed by atoms with Gasteiger partial charge in [-0.3, -0.25) is 0 Å². The molecule has 0 fully saturated rings. The summed E-state index contributed by atoms with van der Waals surface area (Å²) in [7, 11) is 3.26. The summed E-state index contributed by atoms with van der Waals surface area (Å²) < 4.78 is 10.5. The van der Waals surface area contributed by atoms with Crippen molar-refractivity contribution in [3.63, 3.8) is 0 Å². The maximum absolute atomic E-state index is 6.19. The van der Waals surface area contributed by atoms with E-state index in [-0.39, 0.29) is 0 Å². The largest absolute Gasteiger partial charge is 0.493 e. The summed E-state index contributed by atoms with van der Waals surface area (Å²) in [5.74, 6) is 1.45. The normalized spacial score (nSPS) is 10.2. The predicted octanol–water partition coefficient (Wildman–Crippen LogP) is 4.28. The summed E-state index contributed by atoms with van der Waals surface area (Å²) >= 11 is 6.19. The molecule has 0 aromatic heterocycles. The van der Waals surface area contributed by atoms with Crippen molar-refractivity contribution in [1.29, 1.82) is 0 Å². The van der Waals surface area contributed by atoms with Gasteiger partial charge in [-0.2, -0.15) is 0 Å². The van der Waals surface area contributed by atoms with Crippen LogP contribution in [0.3, 0.4) is 0 Å². The maximum Gasteiger partial charge on any atom is 0.161 e. The Kier molecular flexibility index (Phi) is 4.74. The molecule has 0 saturated heterocycles. The van der Waals surface area contributed by atoms with Crippen LogP contribution in [0.5, 0.6) is 11.5 Å². The molecule has 106 valence electrons. The van der Waals surface area contributed by atoms with Crippen LogP contribution in [0, 0.1) is 6.92 Å². The van der Waals surface area contributed by atoms with Crippen LogP contribution in [0.25, 0.3) is 0 Å². The van der Waals surface area contributed by atoms with E-state index in [9.17, 15) is 0 Å². The SMILES string of the molecule is COc1ccc(CNc2c(C)cccc2Cl)cc1OC. The monoisotopic (exact) mass is 291 g/mol. The van der Waals surface area contributed by atoms with Crippen molar-refractivity contribution >= 4 is 17.3 Å². The van der Waals surface area contributed by atoms with E-state index in [0.29, 0.717) is 6.54 Å². The molecule has 0 aliphatic rings. The minimum Gasteiger partial charge on any atom is -0.493 e.